The number of anilines is 1. The van der Waals surface area contributed by atoms with Crippen LogP contribution in [0, 0.1) is 0 Å². The minimum Gasteiger partial charge on any atom is -0.408 e. The van der Waals surface area contributed by atoms with E-state index in [0.29, 0.717) is 15.9 Å². The van der Waals surface area contributed by atoms with E-state index in [1.54, 1.807) is 13.1 Å². The minimum absolute atomic E-state index is 0.384. The van der Waals surface area contributed by atoms with Gasteiger partial charge in [-0.15, -0.1) is 0 Å². The number of halogens is 1. The van der Waals surface area contributed by atoms with Crippen LogP contribution in [-0.2, 0) is 7.05 Å². The van der Waals surface area contributed by atoms with Gasteiger partial charge >= 0.3 is 5.76 Å². The summed E-state index contributed by atoms with van der Waals surface area (Å²) in [7, 11) is 1.66. The van der Waals surface area contributed by atoms with Crippen LogP contribution in [0.1, 0.15) is 0 Å². The highest BCUT2D eigenvalue weighted by Crippen LogP contribution is 2.31. The highest BCUT2D eigenvalue weighted by molar-refractivity contribution is 9.10. The van der Waals surface area contributed by atoms with E-state index < -0.39 is 0 Å². The molecule has 3 aromatic rings. The second kappa shape index (κ2) is 3.74. The number of hydrogen-bond acceptors (Lipinski definition) is 4. The first-order valence-corrected chi connectivity index (χ1v) is 5.96. The second-order valence-corrected chi connectivity index (χ2v) is 4.70. The lowest BCUT2D eigenvalue weighted by Crippen LogP contribution is -2.08. The van der Waals surface area contributed by atoms with Crippen LogP contribution in [0.3, 0.4) is 0 Å². The molecule has 0 amide bonds. The number of nitrogens with one attached hydrogen (secondary N) is 1. The molecule has 3 rings (SSSR count). The van der Waals surface area contributed by atoms with Crippen LogP contribution in [0.25, 0.3) is 22.4 Å². The first-order valence-electron chi connectivity index (χ1n) is 5.17. The summed E-state index contributed by atoms with van der Waals surface area (Å²) in [4.78, 5) is 11.4. The Morgan fingerprint density at radius 2 is 2.28 bits per heavy atom. The number of nitrogen functional groups attached to an aromatic ring is 1. The Morgan fingerprint density at radius 3 is 2.94 bits per heavy atom. The number of aromatic amines is 1. The van der Waals surface area contributed by atoms with Gasteiger partial charge in [0.25, 0.3) is 0 Å². The Labute approximate surface area is 110 Å². The number of fused-ring (bicyclic) bond motifs is 1. The van der Waals surface area contributed by atoms with Crippen LogP contribution in [0.2, 0.25) is 0 Å². The maximum Gasteiger partial charge on any atom is 0.419 e. The molecule has 0 aliphatic heterocycles. The summed E-state index contributed by atoms with van der Waals surface area (Å²) in [5, 5.41) is 6.76. The molecule has 0 atom stereocenters. The third kappa shape index (κ3) is 1.47. The summed E-state index contributed by atoms with van der Waals surface area (Å²) in [6, 6.07) is 5.43. The van der Waals surface area contributed by atoms with E-state index in [1.165, 1.54) is 4.57 Å². The normalized spacial score (nSPS) is 11.2. The minimum atomic E-state index is -0.384. The summed E-state index contributed by atoms with van der Waals surface area (Å²) in [5.74, 6) is 0.0107. The molecule has 0 unspecified atom stereocenters. The van der Waals surface area contributed by atoms with E-state index in [1.807, 2.05) is 12.1 Å². The van der Waals surface area contributed by atoms with Crippen molar-refractivity contribution in [2.45, 2.75) is 0 Å². The molecule has 92 valence electrons. The lowest BCUT2D eigenvalue weighted by Gasteiger charge is -1.99. The number of aromatic nitrogens is 3. The Balaban J connectivity index is 2.28. The molecule has 0 saturated carbocycles. The molecule has 0 bridgehead atoms. The number of rotatable bonds is 1. The SMILES string of the molecule is Cn1c(=O)oc2ccc(-c3[nH]nc(N)c3Br)cc21. The van der Waals surface area contributed by atoms with Gasteiger partial charge in [0, 0.05) is 12.6 Å². The van der Waals surface area contributed by atoms with Crippen LogP contribution >= 0.6 is 15.9 Å². The van der Waals surface area contributed by atoms with Crippen molar-refractivity contribution in [2.24, 2.45) is 7.05 Å². The van der Waals surface area contributed by atoms with Gasteiger partial charge in [0.05, 0.1) is 15.7 Å². The van der Waals surface area contributed by atoms with E-state index in [0.717, 1.165) is 16.8 Å². The molecule has 1 aromatic carbocycles. The van der Waals surface area contributed by atoms with E-state index in [-0.39, 0.29) is 5.76 Å². The van der Waals surface area contributed by atoms with Gasteiger partial charge in [-0.2, -0.15) is 5.10 Å². The molecular formula is C11H9BrN4O2. The van der Waals surface area contributed by atoms with Crippen molar-refractivity contribution in [3.05, 3.63) is 33.2 Å². The highest BCUT2D eigenvalue weighted by atomic mass is 79.9. The summed E-state index contributed by atoms with van der Waals surface area (Å²) >= 11 is 3.36. The van der Waals surface area contributed by atoms with Crippen LogP contribution < -0.4 is 11.5 Å². The van der Waals surface area contributed by atoms with Crippen molar-refractivity contribution < 1.29 is 4.42 Å². The van der Waals surface area contributed by atoms with Crippen LogP contribution in [0.4, 0.5) is 5.82 Å². The lowest BCUT2D eigenvalue weighted by molar-refractivity contribution is 0.528. The first kappa shape index (κ1) is 11.1. The van der Waals surface area contributed by atoms with Crippen LogP contribution in [0.5, 0.6) is 0 Å². The maximum atomic E-state index is 11.4. The molecule has 7 heteroatoms. The number of nitrogens with two attached hydrogens (primary N) is 1. The number of oxazole rings is 1. The van der Waals surface area contributed by atoms with E-state index >= 15 is 0 Å². The van der Waals surface area contributed by atoms with Gasteiger partial charge in [0.1, 0.15) is 0 Å². The van der Waals surface area contributed by atoms with E-state index in [9.17, 15) is 4.79 Å². The maximum absolute atomic E-state index is 11.4. The summed E-state index contributed by atoms with van der Waals surface area (Å²) in [6.45, 7) is 0. The van der Waals surface area contributed by atoms with Gasteiger partial charge in [-0.1, -0.05) is 0 Å². The Bertz CT molecular complexity index is 799. The van der Waals surface area contributed by atoms with Crippen molar-refractivity contribution in [3.8, 4) is 11.3 Å². The lowest BCUT2D eigenvalue weighted by atomic mass is 10.1. The predicted octanol–water partition coefficient (Wildman–Crippen LogP) is 1.87. The zero-order chi connectivity index (χ0) is 12.9. The number of aryl methyl sites for hydroxylation is 1. The molecule has 0 fully saturated rings. The van der Waals surface area contributed by atoms with Crippen molar-refractivity contribution >= 4 is 32.8 Å². The summed E-state index contributed by atoms with van der Waals surface area (Å²) in [6.07, 6.45) is 0. The average Bonchev–Trinajstić information content (AvgIpc) is 2.83. The van der Waals surface area contributed by atoms with E-state index in [4.69, 9.17) is 10.2 Å². The number of nitrogens with zero attached hydrogens (tertiary/aromatic N) is 2. The average molecular weight is 309 g/mol. The molecule has 6 nitrogen and oxygen atoms in total. The van der Waals surface area contributed by atoms with E-state index in [2.05, 4.69) is 26.1 Å². The van der Waals surface area contributed by atoms with Crippen molar-refractivity contribution in [3.63, 3.8) is 0 Å². The van der Waals surface area contributed by atoms with Gasteiger partial charge in [0.15, 0.2) is 11.4 Å². The largest absolute Gasteiger partial charge is 0.419 e. The fourth-order valence-corrected chi connectivity index (χ4v) is 2.22. The van der Waals surface area contributed by atoms with Crippen molar-refractivity contribution in [2.75, 3.05) is 5.73 Å². The zero-order valence-electron chi connectivity index (χ0n) is 9.40. The number of hydrogen-bond donors (Lipinski definition) is 2. The number of benzene rings is 1. The highest BCUT2D eigenvalue weighted by Gasteiger charge is 2.12. The van der Waals surface area contributed by atoms with Crippen LogP contribution in [0.15, 0.2) is 31.9 Å². The molecule has 3 N–H and O–H groups in total. The summed E-state index contributed by atoms with van der Waals surface area (Å²) in [5.41, 5.74) is 8.57. The molecule has 18 heavy (non-hydrogen) atoms. The molecule has 0 aliphatic carbocycles. The fraction of sp³-hybridized carbons (Fsp3) is 0.0909. The Morgan fingerprint density at radius 1 is 1.50 bits per heavy atom. The smallest absolute Gasteiger partial charge is 0.408 e. The van der Waals surface area contributed by atoms with Gasteiger partial charge in [0.2, 0.25) is 0 Å². The third-order valence-corrected chi connectivity index (χ3v) is 3.62. The fourth-order valence-electron chi connectivity index (χ4n) is 1.82. The van der Waals surface area contributed by atoms with Crippen molar-refractivity contribution in [1.82, 2.24) is 14.8 Å². The third-order valence-electron chi connectivity index (χ3n) is 2.81. The Kier molecular flexibility index (Phi) is 2.30. The number of H-pyrrole nitrogens is 1. The molecule has 2 heterocycles. The van der Waals surface area contributed by atoms with Gasteiger partial charge in [-0.3, -0.25) is 9.67 Å². The molecular weight excluding hydrogens is 300 g/mol. The monoisotopic (exact) mass is 308 g/mol. The predicted molar refractivity (Wildman–Crippen MR) is 71.1 cm³/mol. The molecule has 0 saturated heterocycles. The zero-order valence-corrected chi connectivity index (χ0v) is 11.0. The van der Waals surface area contributed by atoms with Gasteiger partial charge in [-0.25, -0.2) is 4.79 Å². The topological polar surface area (TPSA) is 89.8 Å². The molecule has 0 aliphatic rings. The molecule has 0 spiro atoms. The molecule has 2 aromatic heterocycles. The Hall–Kier alpha value is -2.02. The van der Waals surface area contributed by atoms with Gasteiger partial charge in [-0.05, 0) is 34.1 Å². The quantitative estimate of drug-likeness (QED) is 0.718. The first-order chi connectivity index (χ1) is 8.58. The van der Waals surface area contributed by atoms with Crippen LogP contribution in [-0.4, -0.2) is 14.8 Å². The summed E-state index contributed by atoms with van der Waals surface area (Å²) < 4.78 is 7.23. The standard InChI is InChI=1S/C11H9BrN4O2/c1-16-6-4-5(2-3-7(6)18-11(16)17)9-8(12)10(13)15-14-9/h2-4H,1H3,(H3,13,14,15). The van der Waals surface area contributed by atoms with Crippen molar-refractivity contribution in [1.29, 1.82) is 0 Å². The molecule has 0 radical (unpaired) electrons. The van der Waals surface area contributed by atoms with Gasteiger partial charge < -0.3 is 10.2 Å². The second-order valence-electron chi connectivity index (χ2n) is 3.91.